The van der Waals surface area contributed by atoms with Crippen LogP contribution in [0.25, 0.3) is 0 Å². The predicted octanol–water partition coefficient (Wildman–Crippen LogP) is 3.45. The quantitative estimate of drug-likeness (QED) is 0.799. The Labute approximate surface area is 153 Å². The van der Waals surface area contributed by atoms with Crippen molar-refractivity contribution in [2.75, 3.05) is 6.61 Å². The third-order valence-corrected chi connectivity index (χ3v) is 4.79. The lowest BCUT2D eigenvalue weighted by Gasteiger charge is -2.19. The van der Waals surface area contributed by atoms with Gasteiger partial charge in [0.15, 0.2) is 6.04 Å². The summed E-state index contributed by atoms with van der Waals surface area (Å²) in [5, 5.41) is 12.3. The van der Waals surface area contributed by atoms with Gasteiger partial charge in [0.25, 0.3) is 0 Å². The molecule has 2 N–H and O–H groups in total. The molecule has 0 aromatic heterocycles. The molecule has 1 amide bonds. The van der Waals surface area contributed by atoms with Crippen LogP contribution < -0.4 is 10.1 Å². The maximum absolute atomic E-state index is 12.5. The lowest BCUT2D eigenvalue weighted by atomic mass is 9.92. The van der Waals surface area contributed by atoms with E-state index in [0.29, 0.717) is 12.2 Å². The number of hydrogen-bond acceptors (Lipinski definition) is 3. The van der Waals surface area contributed by atoms with Gasteiger partial charge in [-0.15, -0.1) is 0 Å². The third kappa shape index (κ3) is 4.04. The number of aliphatic carboxylic acids is 1. The van der Waals surface area contributed by atoms with Gasteiger partial charge in [0.2, 0.25) is 5.91 Å². The lowest BCUT2D eigenvalue weighted by Crippen LogP contribution is -2.34. The Bertz CT molecular complexity index is 788. The van der Waals surface area contributed by atoms with E-state index in [1.165, 1.54) is 0 Å². The maximum Gasteiger partial charge on any atom is 0.330 e. The second kappa shape index (κ2) is 8.04. The second-order valence-corrected chi connectivity index (χ2v) is 6.52. The van der Waals surface area contributed by atoms with Crippen LogP contribution in [-0.2, 0) is 16.0 Å². The van der Waals surface area contributed by atoms with E-state index in [2.05, 4.69) is 5.32 Å². The number of hydrogen-bond donors (Lipinski definition) is 2. The molecule has 2 atom stereocenters. The highest BCUT2D eigenvalue weighted by Crippen LogP contribution is 2.29. The van der Waals surface area contributed by atoms with Crippen molar-refractivity contribution in [3.63, 3.8) is 0 Å². The fourth-order valence-corrected chi connectivity index (χ4v) is 3.34. The van der Waals surface area contributed by atoms with Gasteiger partial charge in [0, 0.05) is 12.8 Å². The first-order chi connectivity index (χ1) is 12.6. The molecule has 1 aliphatic rings. The molecule has 1 heterocycles. The number of fused-ring (bicyclic) bond motifs is 1. The van der Waals surface area contributed by atoms with E-state index in [4.69, 9.17) is 4.74 Å². The largest absolute Gasteiger partial charge is 0.493 e. The van der Waals surface area contributed by atoms with Gasteiger partial charge in [0.05, 0.1) is 6.61 Å². The highest BCUT2D eigenvalue weighted by atomic mass is 16.5. The first-order valence-corrected chi connectivity index (χ1v) is 8.91. The smallest absolute Gasteiger partial charge is 0.330 e. The molecule has 136 valence electrons. The van der Waals surface area contributed by atoms with Gasteiger partial charge in [-0.3, -0.25) is 4.79 Å². The average molecular weight is 353 g/mol. The van der Waals surface area contributed by atoms with E-state index in [0.717, 1.165) is 29.7 Å². The van der Waals surface area contributed by atoms with Gasteiger partial charge in [-0.2, -0.15) is 0 Å². The van der Waals surface area contributed by atoms with Crippen LogP contribution in [0.15, 0.2) is 48.5 Å². The summed E-state index contributed by atoms with van der Waals surface area (Å²) in [5.74, 6) is -0.465. The molecule has 26 heavy (non-hydrogen) atoms. The topological polar surface area (TPSA) is 75.6 Å². The van der Waals surface area contributed by atoms with Crippen molar-refractivity contribution >= 4 is 11.9 Å². The van der Waals surface area contributed by atoms with Gasteiger partial charge in [0.1, 0.15) is 5.75 Å². The Morgan fingerprint density at radius 1 is 1.15 bits per heavy atom. The number of rotatable bonds is 7. The first kappa shape index (κ1) is 18.0. The molecule has 3 rings (SSSR count). The van der Waals surface area contributed by atoms with Gasteiger partial charge in [-0.1, -0.05) is 43.3 Å². The number of carboxylic acid groups (broad SMARTS) is 1. The summed E-state index contributed by atoms with van der Waals surface area (Å²) >= 11 is 0. The van der Waals surface area contributed by atoms with Crippen LogP contribution >= 0.6 is 0 Å². The van der Waals surface area contributed by atoms with Gasteiger partial charge in [-0.25, -0.2) is 4.79 Å². The average Bonchev–Trinajstić information content (AvgIpc) is 3.12. The Balaban J connectivity index is 1.71. The number of nitrogens with one attached hydrogen (secondary N) is 1. The highest BCUT2D eigenvalue weighted by molar-refractivity contribution is 5.85. The summed E-state index contributed by atoms with van der Waals surface area (Å²) in [6.45, 7) is 2.64. The van der Waals surface area contributed by atoms with Gasteiger partial charge in [-0.05, 0) is 41.2 Å². The van der Waals surface area contributed by atoms with Crippen LogP contribution in [0.1, 0.15) is 48.4 Å². The molecule has 5 heteroatoms. The second-order valence-electron chi connectivity index (χ2n) is 6.52. The normalized spacial score (nSPS) is 14.8. The van der Waals surface area contributed by atoms with Crippen LogP contribution in [0.4, 0.5) is 0 Å². The van der Waals surface area contributed by atoms with E-state index in [9.17, 15) is 14.7 Å². The number of carboxylic acids is 1. The predicted molar refractivity (Wildman–Crippen MR) is 98.3 cm³/mol. The van der Waals surface area contributed by atoms with Crippen LogP contribution in [0.5, 0.6) is 5.75 Å². The van der Waals surface area contributed by atoms with Crippen LogP contribution in [0, 0.1) is 0 Å². The van der Waals surface area contributed by atoms with Crippen molar-refractivity contribution in [3.8, 4) is 5.75 Å². The fourth-order valence-electron chi connectivity index (χ4n) is 3.34. The molecule has 0 saturated heterocycles. The lowest BCUT2D eigenvalue weighted by molar-refractivity contribution is -0.142. The first-order valence-electron chi connectivity index (χ1n) is 8.91. The molecule has 0 spiro atoms. The summed E-state index contributed by atoms with van der Waals surface area (Å²) in [6.07, 6.45) is 1.83. The van der Waals surface area contributed by atoms with Crippen LogP contribution in [0.3, 0.4) is 0 Å². The van der Waals surface area contributed by atoms with Crippen molar-refractivity contribution in [1.29, 1.82) is 0 Å². The molecule has 0 aliphatic carbocycles. The summed E-state index contributed by atoms with van der Waals surface area (Å²) in [7, 11) is 0. The molecule has 0 saturated carbocycles. The van der Waals surface area contributed by atoms with Crippen molar-refractivity contribution in [2.45, 2.75) is 38.1 Å². The third-order valence-electron chi connectivity index (χ3n) is 4.79. The SMILES string of the molecule is CCC(CC(=O)NC(C(=O)O)c1ccc2c(c1)CCO2)c1ccccc1. The highest BCUT2D eigenvalue weighted by Gasteiger charge is 2.25. The monoisotopic (exact) mass is 353 g/mol. The molecule has 1 aliphatic heterocycles. The Hall–Kier alpha value is -2.82. The Morgan fingerprint density at radius 3 is 2.62 bits per heavy atom. The van der Waals surface area contributed by atoms with Crippen LogP contribution in [0.2, 0.25) is 0 Å². The number of benzene rings is 2. The number of carbonyl (C=O) groups excluding carboxylic acids is 1. The molecule has 5 nitrogen and oxygen atoms in total. The summed E-state index contributed by atoms with van der Waals surface area (Å²) in [5.41, 5.74) is 2.65. The molecule has 2 unspecified atom stereocenters. The van der Waals surface area contributed by atoms with E-state index in [1.807, 2.05) is 43.3 Å². The minimum absolute atomic E-state index is 0.0686. The molecular formula is C21H23NO4. The summed E-state index contributed by atoms with van der Waals surface area (Å²) in [6, 6.07) is 14.1. The molecule has 0 radical (unpaired) electrons. The van der Waals surface area contributed by atoms with Crippen molar-refractivity contribution < 1.29 is 19.4 Å². The van der Waals surface area contributed by atoms with E-state index in [1.54, 1.807) is 12.1 Å². The van der Waals surface area contributed by atoms with E-state index in [-0.39, 0.29) is 18.2 Å². The summed E-state index contributed by atoms with van der Waals surface area (Å²) < 4.78 is 5.46. The zero-order chi connectivity index (χ0) is 18.5. The number of ether oxygens (including phenoxy) is 1. The minimum atomic E-state index is -1.06. The number of amides is 1. The summed E-state index contributed by atoms with van der Waals surface area (Å²) in [4.78, 5) is 24.2. The molecule has 2 aromatic carbocycles. The molecule has 0 bridgehead atoms. The van der Waals surface area contributed by atoms with Crippen molar-refractivity contribution in [3.05, 3.63) is 65.2 Å². The van der Waals surface area contributed by atoms with Crippen molar-refractivity contribution in [1.82, 2.24) is 5.32 Å². The number of carbonyl (C=O) groups is 2. The van der Waals surface area contributed by atoms with Crippen molar-refractivity contribution in [2.24, 2.45) is 0 Å². The molecular weight excluding hydrogens is 330 g/mol. The van der Waals surface area contributed by atoms with E-state index >= 15 is 0 Å². The van der Waals surface area contributed by atoms with Gasteiger partial charge >= 0.3 is 5.97 Å². The zero-order valence-corrected chi connectivity index (χ0v) is 14.8. The van der Waals surface area contributed by atoms with E-state index < -0.39 is 12.0 Å². The minimum Gasteiger partial charge on any atom is -0.493 e. The van der Waals surface area contributed by atoms with Gasteiger partial charge < -0.3 is 15.2 Å². The fraction of sp³-hybridized carbons (Fsp3) is 0.333. The zero-order valence-electron chi connectivity index (χ0n) is 14.8. The molecule has 2 aromatic rings. The Morgan fingerprint density at radius 2 is 1.92 bits per heavy atom. The maximum atomic E-state index is 12.5. The van der Waals surface area contributed by atoms with Crippen LogP contribution in [-0.4, -0.2) is 23.6 Å². The molecule has 0 fully saturated rings. The standard InChI is InChI=1S/C21H23NO4/c1-2-14(15-6-4-3-5-7-15)13-19(23)22-20(21(24)25)17-8-9-18-16(12-17)10-11-26-18/h3-9,12,14,20H,2,10-11,13H2,1H3,(H,22,23)(H,24,25). The Kier molecular flexibility index (Phi) is 5.56.